The van der Waals surface area contributed by atoms with Crippen LogP contribution in [0.2, 0.25) is 0 Å². The number of benzene rings is 1. The summed E-state index contributed by atoms with van der Waals surface area (Å²) >= 11 is 0. The summed E-state index contributed by atoms with van der Waals surface area (Å²) in [6.45, 7) is 6.22. The van der Waals surface area contributed by atoms with Crippen LogP contribution in [0.3, 0.4) is 0 Å². The summed E-state index contributed by atoms with van der Waals surface area (Å²) in [4.78, 5) is 0. The summed E-state index contributed by atoms with van der Waals surface area (Å²) < 4.78 is 0. The van der Waals surface area contributed by atoms with E-state index in [-0.39, 0.29) is 6.61 Å². The molecule has 1 aromatic carbocycles. The Morgan fingerprint density at radius 2 is 1.47 bits per heavy atom. The zero-order chi connectivity index (χ0) is 15.3. The van der Waals surface area contributed by atoms with E-state index in [9.17, 15) is 0 Å². The van der Waals surface area contributed by atoms with Gasteiger partial charge in [-0.2, -0.15) is 0 Å². The summed E-state index contributed by atoms with van der Waals surface area (Å²) in [5.74, 6) is 0. The molecule has 0 unspecified atom stereocenters. The van der Waals surface area contributed by atoms with Gasteiger partial charge >= 0.3 is 7.12 Å². The van der Waals surface area contributed by atoms with Crippen LogP contribution in [0.4, 0.5) is 0 Å². The number of aliphatic hydroxyl groups is 3. The van der Waals surface area contributed by atoms with Crippen molar-refractivity contribution < 1.29 is 25.4 Å². The van der Waals surface area contributed by atoms with E-state index in [1.807, 2.05) is 0 Å². The average Bonchev–Trinajstić information content (AvgIpc) is 2.27. The lowest BCUT2D eigenvalue weighted by Gasteiger charge is -2.31. The first-order valence-electron chi connectivity index (χ1n) is 5.99. The molecule has 1 rings (SSSR count). The van der Waals surface area contributed by atoms with E-state index in [2.05, 4.69) is 0 Å². The van der Waals surface area contributed by atoms with E-state index in [4.69, 9.17) is 25.4 Å². The van der Waals surface area contributed by atoms with Crippen LogP contribution in [0.1, 0.15) is 33.3 Å². The third kappa shape index (κ3) is 6.70. The van der Waals surface area contributed by atoms with E-state index in [0.717, 1.165) is 0 Å². The van der Waals surface area contributed by atoms with E-state index in [1.54, 1.807) is 52.0 Å². The van der Waals surface area contributed by atoms with E-state index >= 15 is 0 Å². The Balaban J connectivity index is 0.000000362. The van der Waals surface area contributed by atoms with Crippen molar-refractivity contribution in [1.29, 1.82) is 0 Å². The smallest absolute Gasteiger partial charge is 0.423 e. The van der Waals surface area contributed by atoms with Gasteiger partial charge in [-0.3, -0.25) is 0 Å². The molecule has 0 saturated carbocycles. The van der Waals surface area contributed by atoms with Crippen LogP contribution in [0, 0.1) is 0 Å². The molecule has 0 spiro atoms. The first-order chi connectivity index (χ1) is 8.49. The van der Waals surface area contributed by atoms with Gasteiger partial charge in [0.05, 0.1) is 17.8 Å². The molecular weight excluding hydrogens is 247 g/mol. The number of hydrogen-bond donors (Lipinski definition) is 5. The molecule has 0 atom stereocenters. The summed E-state index contributed by atoms with van der Waals surface area (Å²) in [7, 11) is -1.46. The van der Waals surface area contributed by atoms with Crippen LogP contribution in [0.5, 0.6) is 0 Å². The van der Waals surface area contributed by atoms with Gasteiger partial charge in [-0.1, -0.05) is 24.3 Å². The SMILES string of the molecule is CC(C)(O)C(C)(C)O.OCc1cccc(B(O)O)c1. The Bertz CT molecular complexity index is 367. The zero-order valence-corrected chi connectivity index (χ0v) is 11.8. The molecule has 5 N–H and O–H groups in total. The normalized spacial score (nSPS) is 11.6. The standard InChI is InChI=1S/C7H9BO3.C6H14O2/c9-5-6-2-1-3-7(4-6)8(10)11;1-5(2,7)6(3,4)8/h1-4,9-11H,5H2;7-8H,1-4H3. The number of hydrogen-bond acceptors (Lipinski definition) is 5. The molecule has 0 saturated heterocycles. The highest BCUT2D eigenvalue weighted by Gasteiger charge is 2.31. The highest BCUT2D eigenvalue weighted by atomic mass is 16.4. The molecule has 0 aromatic heterocycles. The van der Waals surface area contributed by atoms with Crippen LogP contribution in [-0.2, 0) is 6.61 Å². The molecule has 0 aliphatic heterocycles. The third-order valence-corrected chi connectivity index (χ3v) is 2.93. The highest BCUT2D eigenvalue weighted by Crippen LogP contribution is 2.19. The second-order valence-electron chi connectivity index (χ2n) is 5.39. The van der Waals surface area contributed by atoms with Crippen molar-refractivity contribution in [2.24, 2.45) is 0 Å². The quantitative estimate of drug-likeness (QED) is 0.472. The van der Waals surface area contributed by atoms with Crippen LogP contribution < -0.4 is 5.46 Å². The minimum absolute atomic E-state index is 0.0828. The molecule has 0 radical (unpaired) electrons. The topological polar surface area (TPSA) is 101 Å². The summed E-state index contributed by atoms with van der Waals surface area (Å²) in [6.07, 6.45) is 0. The van der Waals surface area contributed by atoms with E-state index in [1.165, 1.54) is 0 Å². The van der Waals surface area contributed by atoms with Gasteiger partial charge in [-0.25, -0.2) is 0 Å². The molecule has 1 aromatic rings. The zero-order valence-electron chi connectivity index (χ0n) is 11.8. The van der Waals surface area contributed by atoms with Crippen molar-refractivity contribution in [3.8, 4) is 0 Å². The molecule has 0 aliphatic carbocycles. The van der Waals surface area contributed by atoms with Gasteiger partial charge in [0.2, 0.25) is 0 Å². The monoisotopic (exact) mass is 270 g/mol. The van der Waals surface area contributed by atoms with Crippen LogP contribution in [0.25, 0.3) is 0 Å². The molecular formula is C13H23BO5. The molecule has 108 valence electrons. The van der Waals surface area contributed by atoms with Gasteiger partial charge in [0.15, 0.2) is 0 Å². The highest BCUT2D eigenvalue weighted by molar-refractivity contribution is 6.58. The Morgan fingerprint density at radius 3 is 1.79 bits per heavy atom. The van der Waals surface area contributed by atoms with Gasteiger partial charge in [-0.05, 0) is 38.7 Å². The average molecular weight is 270 g/mol. The van der Waals surface area contributed by atoms with Gasteiger partial charge in [0, 0.05) is 0 Å². The second-order valence-corrected chi connectivity index (χ2v) is 5.39. The van der Waals surface area contributed by atoms with Crippen molar-refractivity contribution in [1.82, 2.24) is 0 Å². The van der Waals surface area contributed by atoms with Crippen molar-refractivity contribution in [2.75, 3.05) is 0 Å². The maximum atomic E-state index is 9.10. The fourth-order valence-electron chi connectivity index (χ4n) is 0.852. The lowest BCUT2D eigenvalue weighted by molar-refractivity contribution is -0.107. The number of rotatable bonds is 3. The van der Waals surface area contributed by atoms with Crippen molar-refractivity contribution >= 4 is 12.6 Å². The van der Waals surface area contributed by atoms with Crippen molar-refractivity contribution in [2.45, 2.75) is 45.5 Å². The Kier molecular flexibility index (Phi) is 6.69. The largest absolute Gasteiger partial charge is 0.488 e. The summed E-state index contributed by atoms with van der Waals surface area (Å²) in [5, 5.41) is 44.3. The lowest BCUT2D eigenvalue weighted by atomic mass is 9.80. The van der Waals surface area contributed by atoms with E-state index < -0.39 is 18.3 Å². The molecule has 0 heterocycles. The summed E-state index contributed by atoms with van der Waals surface area (Å²) in [6, 6.07) is 6.51. The Morgan fingerprint density at radius 1 is 1.00 bits per heavy atom. The maximum Gasteiger partial charge on any atom is 0.488 e. The van der Waals surface area contributed by atoms with Crippen LogP contribution >= 0.6 is 0 Å². The first kappa shape index (κ1) is 18.1. The summed E-state index contributed by atoms with van der Waals surface area (Å²) in [5.41, 5.74) is -0.938. The van der Waals surface area contributed by atoms with E-state index in [0.29, 0.717) is 11.0 Å². The lowest BCUT2D eigenvalue weighted by Crippen LogP contribution is -2.44. The molecule has 0 fully saturated rings. The molecule has 19 heavy (non-hydrogen) atoms. The molecule has 6 heteroatoms. The Hall–Kier alpha value is -0.915. The Labute approximate surface area is 114 Å². The van der Waals surface area contributed by atoms with Crippen LogP contribution in [-0.4, -0.2) is 43.7 Å². The van der Waals surface area contributed by atoms with Crippen molar-refractivity contribution in [3.63, 3.8) is 0 Å². The minimum Gasteiger partial charge on any atom is -0.423 e. The fourth-order valence-corrected chi connectivity index (χ4v) is 0.852. The molecule has 0 bridgehead atoms. The molecule has 0 amide bonds. The fraction of sp³-hybridized carbons (Fsp3) is 0.538. The predicted molar refractivity (Wildman–Crippen MR) is 74.8 cm³/mol. The minimum atomic E-state index is -1.46. The van der Waals surface area contributed by atoms with Gasteiger partial charge in [0.25, 0.3) is 0 Å². The second kappa shape index (κ2) is 7.02. The van der Waals surface area contributed by atoms with Crippen molar-refractivity contribution in [3.05, 3.63) is 29.8 Å². The number of aliphatic hydroxyl groups excluding tert-OH is 1. The molecule has 5 nitrogen and oxygen atoms in total. The van der Waals surface area contributed by atoms with Crippen LogP contribution in [0.15, 0.2) is 24.3 Å². The van der Waals surface area contributed by atoms with Gasteiger partial charge in [0.1, 0.15) is 0 Å². The van der Waals surface area contributed by atoms with Gasteiger partial charge < -0.3 is 25.4 Å². The first-order valence-corrected chi connectivity index (χ1v) is 5.99. The maximum absolute atomic E-state index is 9.10. The molecule has 0 aliphatic rings. The predicted octanol–water partition coefficient (Wildman–Crippen LogP) is -0.613. The van der Waals surface area contributed by atoms with Gasteiger partial charge in [-0.15, -0.1) is 0 Å². The third-order valence-electron chi connectivity index (χ3n) is 2.93.